The maximum absolute atomic E-state index is 15.2. The van der Waals surface area contributed by atoms with Crippen molar-refractivity contribution in [3.8, 4) is 11.3 Å². The molecule has 3 unspecified atom stereocenters. The first kappa shape index (κ1) is 31.8. The van der Waals surface area contributed by atoms with Crippen LogP contribution >= 0.6 is 0 Å². The normalized spacial score (nSPS) is 17.9. The fourth-order valence-corrected chi connectivity index (χ4v) is 13.9. The summed E-state index contributed by atoms with van der Waals surface area (Å²) in [6.07, 6.45) is 9.68. The summed E-state index contributed by atoms with van der Waals surface area (Å²) < 4.78 is 23.6. The van der Waals surface area contributed by atoms with Gasteiger partial charge in [0.1, 0.15) is 5.82 Å². The van der Waals surface area contributed by atoms with Crippen molar-refractivity contribution in [2.24, 2.45) is 0 Å². The minimum atomic E-state index is -2.17. The minimum absolute atomic E-state index is 0.0783. The summed E-state index contributed by atoms with van der Waals surface area (Å²) in [7, 11) is -2.17. The molecule has 4 heteroatoms. The Hall–Kier alpha value is -3.73. The standard InChI is InChI=1S/C43H48FNOSi/c1-30-22-24-38-36(28-30)40-41(45(38)29-32-17-9-13-21-37(32)44)34-19-11-12-20-35(34)42(40)47(5,27-15-7-6-14-26-46-43(2,3)4)39-25-23-31-16-8-10-18-33(31)39/h8-13,16-25,28,39,42H,6-7,14-15,26-27,29H2,1-5H3. The zero-order valence-corrected chi connectivity index (χ0v) is 29.7. The van der Waals surface area contributed by atoms with Gasteiger partial charge in [0.2, 0.25) is 0 Å². The summed E-state index contributed by atoms with van der Waals surface area (Å²) in [5, 5.41) is 1.34. The fourth-order valence-electron chi connectivity index (χ4n) is 8.49. The van der Waals surface area contributed by atoms with Gasteiger partial charge in [-0.05, 0) is 80.1 Å². The predicted octanol–water partition coefficient (Wildman–Crippen LogP) is 11.6. The van der Waals surface area contributed by atoms with Crippen LogP contribution in [0, 0.1) is 12.7 Å². The highest BCUT2D eigenvalue weighted by molar-refractivity contribution is 6.83. The Labute approximate surface area is 281 Å². The Morgan fingerprint density at radius 3 is 2.36 bits per heavy atom. The van der Waals surface area contributed by atoms with Crippen molar-refractivity contribution in [3.05, 3.63) is 136 Å². The minimum Gasteiger partial charge on any atom is -0.376 e. The van der Waals surface area contributed by atoms with E-state index in [1.807, 2.05) is 12.1 Å². The van der Waals surface area contributed by atoms with E-state index in [9.17, 15) is 0 Å². The molecule has 1 heterocycles. The number of hydrogen-bond donors (Lipinski definition) is 0. The van der Waals surface area contributed by atoms with Gasteiger partial charge in [-0.15, -0.1) is 0 Å². The van der Waals surface area contributed by atoms with E-state index in [1.54, 1.807) is 12.1 Å². The molecule has 4 aromatic carbocycles. The highest BCUT2D eigenvalue weighted by Crippen LogP contribution is 2.58. The highest BCUT2D eigenvalue weighted by atomic mass is 28.3. The largest absolute Gasteiger partial charge is 0.376 e. The van der Waals surface area contributed by atoms with Crippen molar-refractivity contribution in [2.75, 3.05) is 6.61 Å². The Morgan fingerprint density at radius 2 is 1.55 bits per heavy atom. The number of rotatable bonds is 11. The molecule has 2 nitrogen and oxygen atoms in total. The van der Waals surface area contributed by atoms with E-state index in [1.165, 1.54) is 75.3 Å². The molecule has 2 aliphatic rings. The Kier molecular flexibility index (Phi) is 8.61. The molecule has 0 N–H and O–H groups in total. The number of halogens is 1. The van der Waals surface area contributed by atoms with Crippen LogP contribution in [0.4, 0.5) is 4.39 Å². The van der Waals surface area contributed by atoms with Gasteiger partial charge in [-0.2, -0.15) is 0 Å². The summed E-state index contributed by atoms with van der Waals surface area (Å²) >= 11 is 0. The van der Waals surface area contributed by atoms with Crippen molar-refractivity contribution in [3.63, 3.8) is 0 Å². The number of fused-ring (bicyclic) bond motifs is 6. The van der Waals surface area contributed by atoms with Gasteiger partial charge in [-0.3, -0.25) is 0 Å². The summed E-state index contributed by atoms with van der Waals surface area (Å²) in [6.45, 7) is 12.7. The van der Waals surface area contributed by atoms with Gasteiger partial charge in [-0.1, -0.05) is 122 Å². The third-order valence-corrected chi connectivity index (χ3v) is 15.9. The monoisotopic (exact) mass is 641 g/mol. The van der Waals surface area contributed by atoms with Crippen LogP contribution in [-0.2, 0) is 11.3 Å². The molecule has 0 radical (unpaired) electrons. The summed E-state index contributed by atoms with van der Waals surface area (Å²) in [4.78, 5) is 0. The third-order valence-electron chi connectivity index (χ3n) is 10.7. The van der Waals surface area contributed by atoms with E-state index in [0.717, 1.165) is 18.6 Å². The van der Waals surface area contributed by atoms with E-state index in [2.05, 4.69) is 118 Å². The van der Waals surface area contributed by atoms with Crippen LogP contribution in [0.1, 0.15) is 90.9 Å². The van der Waals surface area contributed by atoms with Gasteiger partial charge in [0, 0.05) is 34.2 Å². The molecule has 242 valence electrons. The molecule has 0 aliphatic heterocycles. The molecule has 7 rings (SSSR count). The van der Waals surface area contributed by atoms with E-state index in [0.29, 0.717) is 17.6 Å². The van der Waals surface area contributed by atoms with Crippen molar-refractivity contribution < 1.29 is 9.13 Å². The van der Waals surface area contributed by atoms with Crippen LogP contribution in [0.5, 0.6) is 0 Å². The second-order valence-corrected chi connectivity index (χ2v) is 19.8. The quantitative estimate of drug-likeness (QED) is 0.103. The lowest BCUT2D eigenvalue weighted by Gasteiger charge is -2.40. The smallest absolute Gasteiger partial charge is 0.128 e. The topological polar surface area (TPSA) is 14.2 Å². The molecule has 0 amide bonds. The average molecular weight is 642 g/mol. The van der Waals surface area contributed by atoms with Crippen LogP contribution in [0.25, 0.3) is 28.2 Å². The Bertz CT molecular complexity index is 1950. The molecule has 0 fully saturated rings. The molecular weight excluding hydrogens is 594 g/mol. The molecular formula is C43H48FNOSi. The number of benzene rings is 4. The molecule has 0 saturated carbocycles. The third kappa shape index (κ3) is 5.96. The first-order valence-corrected chi connectivity index (χ1v) is 20.4. The highest BCUT2D eigenvalue weighted by Gasteiger charge is 2.51. The van der Waals surface area contributed by atoms with Crippen molar-refractivity contribution in [1.82, 2.24) is 4.57 Å². The van der Waals surface area contributed by atoms with E-state index < -0.39 is 8.07 Å². The fraction of sp³-hybridized carbons (Fsp3) is 0.349. The van der Waals surface area contributed by atoms with Crippen LogP contribution < -0.4 is 0 Å². The van der Waals surface area contributed by atoms with Crippen molar-refractivity contribution >= 4 is 25.1 Å². The SMILES string of the molecule is Cc1ccc2c(c1)c1c(n2Cc2ccccc2F)-c2ccccc2C1[Si](C)(CCCCCCOC(C)(C)C)C1C=Cc2ccccc21. The predicted molar refractivity (Wildman–Crippen MR) is 198 cm³/mol. The number of aryl methyl sites for hydroxylation is 1. The number of aromatic nitrogens is 1. The molecule has 0 spiro atoms. The van der Waals surface area contributed by atoms with Gasteiger partial charge >= 0.3 is 0 Å². The van der Waals surface area contributed by atoms with Crippen molar-refractivity contribution in [2.45, 2.75) is 89.2 Å². The van der Waals surface area contributed by atoms with Crippen LogP contribution in [-0.4, -0.2) is 24.8 Å². The molecule has 0 saturated heterocycles. The zero-order valence-electron chi connectivity index (χ0n) is 28.7. The molecule has 5 aromatic rings. The van der Waals surface area contributed by atoms with Crippen molar-refractivity contribution in [1.29, 1.82) is 0 Å². The van der Waals surface area contributed by atoms with Crippen LogP contribution in [0.15, 0.2) is 97.1 Å². The Morgan fingerprint density at radius 1 is 0.830 bits per heavy atom. The van der Waals surface area contributed by atoms with Gasteiger partial charge in [0.15, 0.2) is 0 Å². The number of allylic oxidation sites excluding steroid dienone is 1. The Balaban J connectivity index is 1.34. The van der Waals surface area contributed by atoms with Gasteiger partial charge in [-0.25, -0.2) is 4.39 Å². The maximum atomic E-state index is 15.2. The lowest BCUT2D eigenvalue weighted by molar-refractivity contribution is -0.00471. The maximum Gasteiger partial charge on any atom is 0.128 e. The number of hydrogen-bond acceptors (Lipinski definition) is 1. The zero-order chi connectivity index (χ0) is 32.8. The van der Waals surface area contributed by atoms with E-state index in [4.69, 9.17) is 4.74 Å². The van der Waals surface area contributed by atoms with Gasteiger partial charge in [0.05, 0.1) is 25.9 Å². The first-order valence-electron chi connectivity index (χ1n) is 17.5. The molecule has 3 atom stereocenters. The van der Waals surface area contributed by atoms with Crippen LogP contribution in [0.3, 0.4) is 0 Å². The molecule has 47 heavy (non-hydrogen) atoms. The lowest BCUT2D eigenvalue weighted by Crippen LogP contribution is -2.44. The molecule has 0 bridgehead atoms. The van der Waals surface area contributed by atoms with E-state index in [-0.39, 0.29) is 11.4 Å². The number of ether oxygens (including phenoxy) is 1. The summed E-state index contributed by atoms with van der Waals surface area (Å²) in [5.41, 5.74) is 12.3. The number of unbranched alkanes of at least 4 members (excludes halogenated alkanes) is 3. The molecule has 2 aliphatic carbocycles. The summed E-state index contributed by atoms with van der Waals surface area (Å²) in [6, 6.07) is 33.6. The van der Waals surface area contributed by atoms with Crippen LogP contribution in [0.2, 0.25) is 12.6 Å². The second kappa shape index (κ2) is 12.7. The van der Waals surface area contributed by atoms with E-state index >= 15 is 4.39 Å². The van der Waals surface area contributed by atoms with Gasteiger partial charge < -0.3 is 9.30 Å². The summed E-state index contributed by atoms with van der Waals surface area (Å²) in [5.74, 6) is -0.141. The first-order chi connectivity index (χ1) is 22.7. The van der Waals surface area contributed by atoms with Gasteiger partial charge in [0.25, 0.3) is 0 Å². The lowest BCUT2D eigenvalue weighted by atomic mass is 10.1. The molecule has 1 aromatic heterocycles. The second-order valence-electron chi connectivity index (χ2n) is 15.1. The average Bonchev–Trinajstić information content (AvgIpc) is 3.72. The number of nitrogens with zero attached hydrogens (tertiary/aromatic N) is 1.